The number of likely N-dealkylation sites (N-methyl/N-ethyl adjacent to an activating group) is 1. The summed E-state index contributed by atoms with van der Waals surface area (Å²) in [7, 11) is 3.70. The third kappa shape index (κ3) is 4.47. The molecule has 1 saturated heterocycles. The molecule has 1 aliphatic rings. The van der Waals surface area contributed by atoms with Gasteiger partial charge in [-0.15, -0.1) is 0 Å². The van der Waals surface area contributed by atoms with Gasteiger partial charge in [-0.05, 0) is 7.05 Å². The van der Waals surface area contributed by atoms with Crippen molar-refractivity contribution in [1.82, 2.24) is 15.5 Å². The van der Waals surface area contributed by atoms with Crippen molar-refractivity contribution in [3.8, 4) is 0 Å². The van der Waals surface area contributed by atoms with Gasteiger partial charge in [0.2, 0.25) is 5.91 Å². The third-order valence-electron chi connectivity index (χ3n) is 2.80. The number of carbonyl (C=O) groups excluding carboxylic acids is 1. The van der Waals surface area contributed by atoms with Crippen LogP contribution in [0, 0.1) is 5.92 Å². The van der Waals surface area contributed by atoms with E-state index >= 15 is 0 Å². The molecule has 0 aromatic carbocycles. The van der Waals surface area contributed by atoms with Gasteiger partial charge in [0.15, 0.2) is 0 Å². The Labute approximate surface area is 97.5 Å². The van der Waals surface area contributed by atoms with Crippen molar-refractivity contribution in [2.45, 2.75) is 13.0 Å². The molecule has 0 aromatic rings. The van der Waals surface area contributed by atoms with E-state index in [4.69, 9.17) is 4.74 Å². The van der Waals surface area contributed by atoms with Crippen molar-refractivity contribution in [2.75, 3.05) is 46.9 Å². The monoisotopic (exact) mass is 229 g/mol. The number of nitrogens with zero attached hydrogens (tertiary/aromatic N) is 1. The summed E-state index contributed by atoms with van der Waals surface area (Å²) in [4.78, 5) is 13.5. The molecule has 2 atom stereocenters. The predicted octanol–water partition coefficient (Wildman–Crippen LogP) is -0.711. The van der Waals surface area contributed by atoms with Crippen molar-refractivity contribution in [3.05, 3.63) is 0 Å². The van der Waals surface area contributed by atoms with Gasteiger partial charge in [-0.1, -0.05) is 6.92 Å². The van der Waals surface area contributed by atoms with E-state index in [0.717, 1.165) is 32.8 Å². The maximum absolute atomic E-state index is 11.4. The normalized spacial score (nSPS) is 23.1. The summed E-state index contributed by atoms with van der Waals surface area (Å²) in [5.74, 6) is 0.112. The van der Waals surface area contributed by atoms with Crippen LogP contribution in [-0.4, -0.2) is 63.8 Å². The SMILES string of the molecule is CNC(=O)C(C)CN(C)CC1CNCCO1. The highest BCUT2D eigenvalue weighted by molar-refractivity contribution is 5.78. The molecular formula is C11H23N3O2. The fraction of sp³-hybridized carbons (Fsp3) is 0.909. The molecule has 1 heterocycles. The summed E-state index contributed by atoms with van der Waals surface area (Å²) in [6.07, 6.45) is 0.246. The van der Waals surface area contributed by atoms with Crippen molar-refractivity contribution in [1.29, 1.82) is 0 Å². The quantitative estimate of drug-likeness (QED) is 0.654. The molecule has 5 nitrogen and oxygen atoms in total. The van der Waals surface area contributed by atoms with Crippen LogP contribution in [0.3, 0.4) is 0 Å². The Bertz CT molecular complexity index is 217. The first-order chi connectivity index (χ1) is 7.63. The average molecular weight is 229 g/mol. The largest absolute Gasteiger partial charge is 0.374 e. The highest BCUT2D eigenvalue weighted by Gasteiger charge is 2.18. The van der Waals surface area contributed by atoms with Crippen molar-refractivity contribution >= 4 is 5.91 Å². The van der Waals surface area contributed by atoms with Crippen LogP contribution in [0.4, 0.5) is 0 Å². The molecule has 1 fully saturated rings. The maximum Gasteiger partial charge on any atom is 0.223 e. The van der Waals surface area contributed by atoms with Crippen LogP contribution >= 0.6 is 0 Å². The lowest BCUT2D eigenvalue weighted by Crippen LogP contribution is -2.46. The van der Waals surface area contributed by atoms with Gasteiger partial charge in [-0.3, -0.25) is 4.79 Å². The van der Waals surface area contributed by atoms with Gasteiger partial charge in [0.1, 0.15) is 0 Å². The van der Waals surface area contributed by atoms with Crippen LogP contribution in [0.5, 0.6) is 0 Å². The van der Waals surface area contributed by atoms with Gasteiger partial charge < -0.3 is 20.3 Å². The van der Waals surface area contributed by atoms with Crippen LogP contribution in [0.15, 0.2) is 0 Å². The van der Waals surface area contributed by atoms with Crippen LogP contribution in [0.2, 0.25) is 0 Å². The number of nitrogens with one attached hydrogen (secondary N) is 2. The maximum atomic E-state index is 11.4. The van der Waals surface area contributed by atoms with E-state index in [0.29, 0.717) is 0 Å². The molecule has 2 unspecified atom stereocenters. The number of ether oxygens (including phenoxy) is 1. The molecule has 94 valence electrons. The van der Waals surface area contributed by atoms with Crippen LogP contribution in [-0.2, 0) is 9.53 Å². The number of rotatable bonds is 5. The van der Waals surface area contributed by atoms with Crippen LogP contribution in [0.25, 0.3) is 0 Å². The standard InChI is InChI=1S/C11H23N3O2/c1-9(11(15)12-2)7-14(3)8-10-6-13-4-5-16-10/h9-10,13H,4-8H2,1-3H3,(H,12,15). The van der Waals surface area contributed by atoms with Crippen LogP contribution in [0.1, 0.15) is 6.92 Å². The van der Waals surface area contributed by atoms with Gasteiger partial charge in [0.25, 0.3) is 0 Å². The Balaban J connectivity index is 2.23. The van der Waals surface area contributed by atoms with Gasteiger partial charge >= 0.3 is 0 Å². The molecule has 1 aliphatic heterocycles. The number of amides is 1. The van der Waals surface area contributed by atoms with E-state index in [1.54, 1.807) is 7.05 Å². The fourth-order valence-corrected chi connectivity index (χ4v) is 1.96. The molecule has 5 heteroatoms. The summed E-state index contributed by atoms with van der Waals surface area (Å²) >= 11 is 0. The lowest BCUT2D eigenvalue weighted by atomic mass is 10.1. The summed E-state index contributed by atoms with van der Waals surface area (Å²) in [5.41, 5.74) is 0. The smallest absolute Gasteiger partial charge is 0.223 e. The van der Waals surface area contributed by atoms with Gasteiger partial charge in [-0.25, -0.2) is 0 Å². The molecule has 1 rings (SSSR count). The Morgan fingerprint density at radius 3 is 3.00 bits per heavy atom. The first kappa shape index (κ1) is 13.4. The molecule has 0 bridgehead atoms. The van der Waals surface area contributed by atoms with Crippen molar-refractivity contribution in [2.24, 2.45) is 5.92 Å². The van der Waals surface area contributed by atoms with E-state index in [9.17, 15) is 4.79 Å². The zero-order valence-electron chi connectivity index (χ0n) is 10.5. The number of hydrogen-bond acceptors (Lipinski definition) is 4. The number of carbonyl (C=O) groups is 1. The van der Waals surface area contributed by atoms with E-state index in [1.165, 1.54) is 0 Å². The number of hydrogen-bond donors (Lipinski definition) is 2. The first-order valence-corrected chi connectivity index (χ1v) is 5.86. The third-order valence-corrected chi connectivity index (χ3v) is 2.80. The lowest BCUT2D eigenvalue weighted by Gasteiger charge is -2.29. The second-order valence-electron chi connectivity index (χ2n) is 4.43. The molecule has 0 spiro atoms. The van der Waals surface area contributed by atoms with Crippen LogP contribution < -0.4 is 10.6 Å². The Morgan fingerprint density at radius 1 is 1.69 bits per heavy atom. The van der Waals surface area contributed by atoms with Gasteiger partial charge in [0.05, 0.1) is 12.7 Å². The topological polar surface area (TPSA) is 53.6 Å². The Hall–Kier alpha value is -0.650. The first-order valence-electron chi connectivity index (χ1n) is 5.86. The van der Waals surface area contributed by atoms with E-state index in [-0.39, 0.29) is 17.9 Å². The van der Waals surface area contributed by atoms with Gasteiger partial charge in [0, 0.05) is 39.1 Å². The lowest BCUT2D eigenvalue weighted by molar-refractivity contribution is -0.124. The molecule has 1 amide bonds. The average Bonchev–Trinajstić information content (AvgIpc) is 2.29. The summed E-state index contributed by atoms with van der Waals surface area (Å²) < 4.78 is 5.61. The second-order valence-corrected chi connectivity index (χ2v) is 4.43. The molecule has 0 aromatic heterocycles. The summed E-state index contributed by atoms with van der Waals surface area (Å²) in [6, 6.07) is 0. The highest BCUT2D eigenvalue weighted by atomic mass is 16.5. The molecule has 0 radical (unpaired) electrons. The molecule has 2 N–H and O–H groups in total. The molecular weight excluding hydrogens is 206 g/mol. The van der Waals surface area contributed by atoms with Crippen molar-refractivity contribution in [3.63, 3.8) is 0 Å². The van der Waals surface area contributed by atoms with E-state index < -0.39 is 0 Å². The zero-order chi connectivity index (χ0) is 12.0. The van der Waals surface area contributed by atoms with E-state index in [1.807, 2.05) is 14.0 Å². The number of morpholine rings is 1. The van der Waals surface area contributed by atoms with E-state index in [2.05, 4.69) is 15.5 Å². The Kier molecular flexibility index (Phi) is 5.73. The minimum Gasteiger partial charge on any atom is -0.374 e. The molecule has 0 saturated carbocycles. The highest BCUT2D eigenvalue weighted by Crippen LogP contribution is 2.02. The minimum absolute atomic E-state index is 0.0200. The zero-order valence-corrected chi connectivity index (χ0v) is 10.5. The molecule has 16 heavy (non-hydrogen) atoms. The van der Waals surface area contributed by atoms with Crippen molar-refractivity contribution < 1.29 is 9.53 Å². The summed E-state index contributed by atoms with van der Waals surface area (Å²) in [5, 5.41) is 5.96. The fourth-order valence-electron chi connectivity index (χ4n) is 1.96. The second kappa shape index (κ2) is 6.83. The van der Waals surface area contributed by atoms with Gasteiger partial charge in [-0.2, -0.15) is 0 Å². The minimum atomic E-state index is 0.0200. The summed E-state index contributed by atoms with van der Waals surface area (Å²) in [6.45, 7) is 6.19. The molecule has 0 aliphatic carbocycles. The predicted molar refractivity (Wildman–Crippen MR) is 63.3 cm³/mol. The Morgan fingerprint density at radius 2 is 2.44 bits per heavy atom.